The molecule has 3 aromatic rings. The first-order valence-corrected chi connectivity index (χ1v) is 13.1. The van der Waals surface area contributed by atoms with E-state index in [0.29, 0.717) is 19.4 Å². The summed E-state index contributed by atoms with van der Waals surface area (Å²) in [6, 6.07) is 22.1. The summed E-state index contributed by atoms with van der Waals surface area (Å²) in [5, 5.41) is 5.57. The maximum atomic E-state index is 13.5. The van der Waals surface area contributed by atoms with Crippen molar-refractivity contribution in [3.8, 4) is 0 Å². The average molecular weight is 521 g/mol. The molecule has 0 aromatic heterocycles. The molecule has 1 atom stereocenters. The molecule has 0 bridgehead atoms. The topological polar surface area (TPSA) is 49.4 Å². The highest BCUT2D eigenvalue weighted by Gasteiger charge is 2.28. The number of benzene rings is 3. The van der Waals surface area contributed by atoms with Gasteiger partial charge in [-0.15, -0.1) is 0 Å². The summed E-state index contributed by atoms with van der Waals surface area (Å²) in [7, 11) is 0. The number of aryl methyl sites for hydroxylation is 1. The summed E-state index contributed by atoms with van der Waals surface area (Å²) in [6.45, 7) is 2.26. The van der Waals surface area contributed by atoms with Gasteiger partial charge in [-0.3, -0.25) is 9.59 Å². The minimum absolute atomic E-state index is 0.000737. The Hall–Kier alpha value is -2.66. The second kappa shape index (κ2) is 11.7. The molecule has 3 aromatic carbocycles. The summed E-state index contributed by atoms with van der Waals surface area (Å²) in [5.74, 6) is -0.0559. The van der Waals surface area contributed by atoms with Crippen LogP contribution in [0.3, 0.4) is 0 Å². The smallest absolute Gasteiger partial charge is 0.242 e. The molecule has 0 saturated heterocycles. The molecule has 1 aliphatic rings. The van der Waals surface area contributed by atoms with E-state index in [9.17, 15) is 9.59 Å². The average Bonchev–Trinajstić information content (AvgIpc) is 2.86. The van der Waals surface area contributed by atoms with Crippen LogP contribution >= 0.6 is 15.9 Å². The molecule has 0 aliphatic heterocycles. The number of nitrogens with one attached hydrogen (secondary N) is 1. The fraction of sp³-hybridized carbons (Fsp3) is 0.379. The van der Waals surface area contributed by atoms with E-state index < -0.39 is 6.04 Å². The maximum absolute atomic E-state index is 13.5. The Labute approximate surface area is 210 Å². The number of fused-ring (bicyclic) bond motifs is 1. The van der Waals surface area contributed by atoms with Gasteiger partial charge in [0, 0.05) is 23.5 Å². The predicted molar refractivity (Wildman–Crippen MR) is 141 cm³/mol. The highest BCUT2D eigenvalue weighted by atomic mass is 79.9. The normalized spacial score (nSPS) is 15.1. The maximum Gasteiger partial charge on any atom is 0.242 e. The Morgan fingerprint density at radius 2 is 1.74 bits per heavy atom. The molecule has 0 spiro atoms. The number of carbonyl (C=O) groups is 2. The SMILES string of the molecule is C[C@H](C(=O)NC1CCCCC1)N(Cc1cccc(Br)c1)C(=O)CCc1cccc2ccccc12. The summed E-state index contributed by atoms with van der Waals surface area (Å²) >= 11 is 3.52. The Morgan fingerprint density at radius 3 is 2.53 bits per heavy atom. The first-order valence-electron chi connectivity index (χ1n) is 12.3. The van der Waals surface area contributed by atoms with E-state index in [1.807, 2.05) is 49.4 Å². The van der Waals surface area contributed by atoms with Gasteiger partial charge in [-0.25, -0.2) is 0 Å². The zero-order valence-electron chi connectivity index (χ0n) is 19.8. The Kier molecular flexibility index (Phi) is 8.39. The van der Waals surface area contributed by atoms with E-state index in [1.54, 1.807) is 4.90 Å². The Balaban J connectivity index is 1.50. The van der Waals surface area contributed by atoms with Gasteiger partial charge in [-0.2, -0.15) is 0 Å². The zero-order chi connectivity index (χ0) is 23.9. The third-order valence-electron chi connectivity index (χ3n) is 6.85. The monoisotopic (exact) mass is 520 g/mol. The summed E-state index contributed by atoms with van der Waals surface area (Å²) in [5.41, 5.74) is 2.17. The minimum atomic E-state index is -0.527. The fourth-order valence-electron chi connectivity index (χ4n) is 4.88. The van der Waals surface area contributed by atoms with E-state index in [-0.39, 0.29) is 17.9 Å². The van der Waals surface area contributed by atoms with Crippen LogP contribution in [-0.4, -0.2) is 28.8 Å². The molecule has 178 valence electrons. The number of halogens is 1. The van der Waals surface area contributed by atoms with E-state index in [4.69, 9.17) is 0 Å². The largest absolute Gasteiger partial charge is 0.352 e. The number of hydrogen-bond donors (Lipinski definition) is 1. The lowest BCUT2D eigenvalue weighted by atomic mass is 9.95. The van der Waals surface area contributed by atoms with Crippen molar-refractivity contribution in [2.24, 2.45) is 0 Å². The lowest BCUT2D eigenvalue weighted by Crippen LogP contribution is -2.50. The molecule has 0 radical (unpaired) electrons. The van der Waals surface area contributed by atoms with Crippen LogP contribution in [0.1, 0.15) is 56.6 Å². The van der Waals surface area contributed by atoms with Crippen molar-refractivity contribution in [1.29, 1.82) is 0 Å². The van der Waals surface area contributed by atoms with Crippen molar-refractivity contribution in [3.05, 3.63) is 82.3 Å². The van der Waals surface area contributed by atoms with Gasteiger partial charge >= 0.3 is 0 Å². The molecule has 1 saturated carbocycles. The molecule has 1 fully saturated rings. The third-order valence-corrected chi connectivity index (χ3v) is 7.34. The Bertz CT molecular complexity index is 1130. The molecule has 0 unspecified atom stereocenters. The molecule has 34 heavy (non-hydrogen) atoms. The third kappa shape index (κ3) is 6.26. The van der Waals surface area contributed by atoms with E-state index >= 15 is 0 Å². The van der Waals surface area contributed by atoms with Crippen molar-refractivity contribution in [2.75, 3.05) is 0 Å². The number of amides is 2. The first kappa shape index (κ1) is 24.5. The van der Waals surface area contributed by atoms with E-state index in [0.717, 1.165) is 41.3 Å². The van der Waals surface area contributed by atoms with E-state index in [2.05, 4.69) is 45.5 Å². The number of hydrogen-bond acceptors (Lipinski definition) is 2. The molecule has 2 amide bonds. The molecule has 4 rings (SSSR count). The van der Waals surface area contributed by atoms with Gasteiger partial charge in [-0.1, -0.05) is 89.8 Å². The lowest BCUT2D eigenvalue weighted by molar-refractivity contribution is -0.141. The van der Waals surface area contributed by atoms with Crippen LogP contribution < -0.4 is 5.32 Å². The van der Waals surface area contributed by atoms with Gasteiger partial charge in [0.15, 0.2) is 0 Å². The molecule has 4 nitrogen and oxygen atoms in total. The van der Waals surface area contributed by atoms with Gasteiger partial charge < -0.3 is 10.2 Å². The fourth-order valence-corrected chi connectivity index (χ4v) is 5.33. The quantitative estimate of drug-likeness (QED) is 0.373. The molecule has 1 aliphatic carbocycles. The number of nitrogens with zero attached hydrogens (tertiary/aromatic N) is 1. The Morgan fingerprint density at radius 1 is 1.00 bits per heavy atom. The molecule has 1 N–H and O–H groups in total. The second-order valence-corrected chi connectivity index (χ2v) is 10.2. The van der Waals surface area contributed by atoms with Crippen LogP contribution in [0.25, 0.3) is 10.8 Å². The van der Waals surface area contributed by atoms with Crippen LogP contribution in [0, 0.1) is 0 Å². The van der Waals surface area contributed by atoms with Gasteiger partial charge in [0.25, 0.3) is 0 Å². The van der Waals surface area contributed by atoms with Crippen LogP contribution in [0.5, 0.6) is 0 Å². The van der Waals surface area contributed by atoms with Crippen molar-refractivity contribution < 1.29 is 9.59 Å². The number of carbonyl (C=O) groups excluding carboxylic acids is 2. The zero-order valence-corrected chi connectivity index (χ0v) is 21.4. The predicted octanol–water partition coefficient (Wildman–Crippen LogP) is 6.40. The van der Waals surface area contributed by atoms with Crippen molar-refractivity contribution in [3.63, 3.8) is 0 Å². The standard InChI is InChI=1S/C29H33BrN2O2/c1-21(29(34)31-26-14-3-2-4-15-26)32(20-22-9-7-13-25(30)19-22)28(33)18-17-24-12-8-11-23-10-5-6-16-27(23)24/h5-13,16,19,21,26H,2-4,14-15,17-18,20H2,1H3,(H,31,34)/t21-/m1/s1. The van der Waals surface area contributed by atoms with Gasteiger partial charge in [0.2, 0.25) is 11.8 Å². The lowest BCUT2D eigenvalue weighted by Gasteiger charge is -2.31. The molecule has 0 heterocycles. The van der Waals surface area contributed by atoms with E-state index in [1.165, 1.54) is 17.2 Å². The van der Waals surface area contributed by atoms with Crippen molar-refractivity contribution in [1.82, 2.24) is 10.2 Å². The molecular formula is C29H33BrN2O2. The highest BCUT2D eigenvalue weighted by molar-refractivity contribution is 9.10. The van der Waals surface area contributed by atoms with Gasteiger partial charge in [-0.05, 0) is 60.2 Å². The van der Waals surface area contributed by atoms with Gasteiger partial charge in [0.05, 0.1) is 0 Å². The highest BCUT2D eigenvalue weighted by Crippen LogP contribution is 2.22. The minimum Gasteiger partial charge on any atom is -0.352 e. The van der Waals surface area contributed by atoms with Crippen LogP contribution in [0.4, 0.5) is 0 Å². The second-order valence-electron chi connectivity index (χ2n) is 9.31. The summed E-state index contributed by atoms with van der Waals surface area (Å²) in [6.07, 6.45) is 6.62. The first-order chi connectivity index (χ1) is 16.5. The number of rotatable bonds is 8. The summed E-state index contributed by atoms with van der Waals surface area (Å²) in [4.78, 5) is 28.4. The van der Waals surface area contributed by atoms with Crippen LogP contribution in [0.2, 0.25) is 0 Å². The molecular weight excluding hydrogens is 488 g/mol. The summed E-state index contributed by atoms with van der Waals surface area (Å²) < 4.78 is 0.965. The van der Waals surface area contributed by atoms with Crippen molar-refractivity contribution >= 4 is 38.5 Å². The van der Waals surface area contributed by atoms with Crippen molar-refractivity contribution in [2.45, 2.75) is 70.5 Å². The van der Waals surface area contributed by atoms with Gasteiger partial charge in [0.1, 0.15) is 6.04 Å². The molecule has 5 heteroatoms. The van der Waals surface area contributed by atoms with Crippen LogP contribution in [-0.2, 0) is 22.6 Å². The van der Waals surface area contributed by atoms with Crippen LogP contribution in [0.15, 0.2) is 71.2 Å².